The first-order chi connectivity index (χ1) is 8.70. The molecule has 0 aliphatic carbocycles. The minimum Gasteiger partial charge on any atom is -0.379 e. The Morgan fingerprint density at radius 3 is 2.83 bits per heavy atom. The van der Waals surface area contributed by atoms with E-state index in [1.54, 1.807) is 0 Å². The van der Waals surface area contributed by atoms with Crippen LogP contribution in [0.25, 0.3) is 0 Å². The molecule has 3 nitrogen and oxygen atoms in total. The average Bonchev–Trinajstić information content (AvgIpc) is 2.78. The van der Waals surface area contributed by atoms with Gasteiger partial charge >= 0.3 is 0 Å². The second kappa shape index (κ2) is 5.71. The van der Waals surface area contributed by atoms with Crippen molar-refractivity contribution >= 4 is 5.69 Å². The normalized spacial score (nSPS) is 10.6. The number of benzene rings is 1. The number of aryl methyl sites for hydroxylation is 3. The minimum atomic E-state index is 0.824. The van der Waals surface area contributed by atoms with E-state index in [9.17, 15) is 0 Å². The van der Waals surface area contributed by atoms with E-state index in [0.717, 1.165) is 19.5 Å². The van der Waals surface area contributed by atoms with E-state index in [-0.39, 0.29) is 0 Å². The number of aromatic nitrogens is 2. The smallest absolute Gasteiger partial charge is 0.0575 e. The molecule has 0 spiro atoms. The van der Waals surface area contributed by atoms with Crippen LogP contribution in [0.2, 0.25) is 0 Å². The molecule has 0 aliphatic rings. The third kappa shape index (κ3) is 2.92. The molecule has 2 aromatic rings. The van der Waals surface area contributed by atoms with E-state index in [0.29, 0.717) is 0 Å². The summed E-state index contributed by atoms with van der Waals surface area (Å²) in [5.74, 6) is 0. The molecule has 0 saturated carbocycles. The van der Waals surface area contributed by atoms with Crippen LogP contribution in [0.5, 0.6) is 0 Å². The zero-order valence-corrected chi connectivity index (χ0v) is 11.4. The zero-order valence-electron chi connectivity index (χ0n) is 11.4. The number of hydrogen-bond acceptors (Lipinski definition) is 2. The molecule has 0 atom stereocenters. The first kappa shape index (κ1) is 12.7. The third-order valence-electron chi connectivity index (χ3n) is 3.09. The number of anilines is 1. The maximum Gasteiger partial charge on any atom is 0.0575 e. The number of hydrogen-bond donors (Lipinski definition) is 1. The van der Waals surface area contributed by atoms with E-state index in [1.807, 2.05) is 6.20 Å². The predicted octanol–water partition coefficient (Wildman–Crippen LogP) is 3.52. The maximum atomic E-state index is 4.33. The van der Waals surface area contributed by atoms with E-state index in [2.05, 4.69) is 60.1 Å². The molecule has 1 aromatic heterocycles. The standard InChI is InChI=1S/C15H21N3/c1-4-9-18-14(7-8-17-18)11-16-15-10-12(2)5-6-13(15)3/h5-8,10,16H,4,9,11H2,1-3H3. The fourth-order valence-electron chi connectivity index (χ4n) is 2.04. The molecular formula is C15H21N3. The fourth-order valence-corrected chi connectivity index (χ4v) is 2.04. The van der Waals surface area contributed by atoms with Crippen molar-refractivity contribution in [1.29, 1.82) is 0 Å². The Morgan fingerprint density at radius 1 is 1.22 bits per heavy atom. The SMILES string of the molecule is CCCn1nccc1CNc1cc(C)ccc1C. The molecule has 96 valence electrons. The third-order valence-corrected chi connectivity index (χ3v) is 3.09. The molecule has 1 N–H and O–H groups in total. The topological polar surface area (TPSA) is 29.9 Å². The van der Waals surface area contributed by atoms with Crippen molar-refractivity contribution in [2.75, 3.05) is 5.32 Å². The Balaban J connectivity index is 2.06. The molecule has 0 unspecified atom stereocenters. The van der Waals surface area contributed by atoms with Crippen molar-refractivity contribution in [3.8, 4) is 0 Å². The van der Waals surface area contributed by atoms with Crippen LogP contribution < -0.4 is 5.32 Å². The van der Waals surface area contributed by atoms with Crippen LogP contribution in [0.3, 0.4) is 0 Å². The Kier molecular flexibility index (Phi) is 4.03. The van der Waals surface area contributed by atoms with Crippen LogP contribution in [-0.4, -0.2) is 9.78 Å². The highest BCUT2D eigenvalue weighted by molar-refractivity contribution is 5.52. The van der Waals surface area contributed by atoms with Crippen LogP contribution >= 0.6 is 0 Å². The van der Waals surface area contributed by atoms with Crippen molar-refractivity contribution in [3.63, 3.8) is 0 Å². The van der Waals surface area contributed by atoms with Gasteiger partial charge < -0.3 is 5.32 Å². The summed E-state index contributed by atoms with van der Waals surface area (Å²) in [4.78, 5) is 0. The van der Waals surface area contributed by atoms with Gasteiger partial charge in [0.25, 0.3) is 0 Å². The van der Waals surface area contributed by atoms with Gasteiger partial charge in [-0.1, -0.05) is 19.1 Å². The Hall–Kier alpha value is -1.77. The van der Waals surface area contributed by atoms with Crippen LogP contribution in [0.15, 0.2) is 30.5 Å². The monoisotopic (exact) mass is 243 g/mol. The van der Waals surface area contributed by atoms with Gasteiger partial charge in [0.15, 0.2) is 0 Å². The summed E-state index contributed by atoms with van der Waals surface area (Å²) in [5.41, 5.74) is 5.00. The highest BCUT2D eigenvalue weighted by Gasteiger charge is 2.03. The van der Waals surface area contributed by atoms with Crippen LogP contribution in [-0.2, 0) is 13.1 Å². The van der Waals surface area contributed by atoms with Gasteiger partial charge in [-0.3, -0.25) is 4.68 Å². The quantitative estimate of drug-likeness (QED) is 0.870. The van der Waals surface area contributed by atoms with Gasteiger partial charge in [0.05, 0.1) is 12.2 Å². The van der Waals surface area contributed by atoms with E-state index in [1.165, 1.54) is 22.5 Å². The minimum absolute atomic E-state index is 0.824. The highest BCUT2D eigenvalue weighted by atomic mass is 15.3. The van der Waals surface area contributed by atoms with Gasteiger partial charge in [0.2, 0.25) is 0 Å². The van der Waals surface area contributed by atoms with Crippen molar-refractivity contribution < 1.29 is 0 Å². The van der Waals surface area contributed by atoms with E-state index in [4.69, 9.17) is 0 Å². The Bertz CT molecular complexity index is 514. The van der Waals surface area contributed by atoms with Crippen LogP contribution in [0, 0.1) is 13.8 Å². The largest absolute Gasteiger partial charge is 0.379 e. The zero-order chi connectivity index (χ0) is 13.0. The van der Waals surface area contributed by atoms with Gasteiger partial charge in [-0.25, -0.2) is 0 Å². The molecule has 1 heterocycles. The number of rotatable bonds is 5. The lowest BCUT2D eigenvalue weighted by molar-refractivity contribution is 0.578. The van der Waals surface area contributed by atoms with Gasteiger partial charge in [0, 0.05) is 18.4 Å². The first-order valence-electron chi connectivity index (χ1n) is 6.52. The van der Waals surface area contributed by atoms with Gasteiger partial charge in [0.1, 0.15) is 0 Å². The summed E-state index contributed by atoms with van der Waals surface area (Å²) < 4.78 is 2.07. The summed E-state index contributed by atoms with van der Waals surface area (Å²) in [6.45, 7) is 8.22. The fraction of sp³-hybridized carbons (Fsp3) is 0.400. The molecule has 0 aliphatic heterocycles. The van der Waals surface area contributed by atoms with Gasteiger partial charge in [-0.05, 0) is 43.5 Å². The van der Waals surface area contributed by atoms with E-state index >= 15 is 0 Å². The van der Waals surface area contributed by atoms with Crippen molar-refractivity contribution in [3.05, 3.63) is 47.3 Å². The second-order valence-corrected chi connectivity index (χ2v) is 4.72. The van der Waals surface area contributed by atoms with Crippen molar-refractivity contribution in [2.24, 2.45) is 0 Å². The number of nitrogens with one attached hydrogen (secondary N) is 1. The predicted molar refractivity (Wildman–Crippen MR) is 75.8 cm³/mol. The lowest BCUT2D eigenvalue weighted by Gasteiger charge is -2.11. The highest BCUT2D eigenvalue weighted by Crippen LogP contribution is 2.17. The van der Waals surface area contributed by atoms with Crippen molar-refractivity contribution in [1.82, 2.24) is 9.78 Å². The second-order valence-electron chi connectivity index (χ2n) is 4.72. The Labute approximate surface area is 109 Å². The molecule has 3 heteroatoms. The Morgan fingerprint density at radius 2 is 2.06 bits per heavy atom. The summed E-state index contributed by atoms with van der Waals surface area (Å²) in [6.07, 6.45) is 2.98. The molecule has 2 rings (SSSR count). The molecule has 0 fully saturated rings. The molecule has 0 radical (unpaired) electrons. The summed E-state index contributed by atoms with van der Waals surface area (Å²) >= 11 is 0. The lowest BCUT2D eigenvalue weighted by atomic mass is 10.1. The average molecular weight is 243 g/mol. The first-order valence-corrected chi connectivity index (χ1v) is 6.52. The summed E-state index contributed by atoms with van der Waals surface area (Å²) in [5, 5.41) is 7.83. The molecule has 1 aromatic carbocycles. The summed E-state index contributed by atoms with van der Waals surface area (Å²) in [6, 6.07) is 8.56. The van der Waals surface area contributed by atoms with Crippen LogP contribution in [0.1, 0.15) is 30.2 Å². The van der Waals surface area contributed by atoms with Gasteiger partial charge in [-0.2, -0.15) is 5.10 Å². The molecule has 0 amide bonds. The molecule has 0 bridgehead atoms. The maximum absolute atomic E-state index is 4.33. The number of nitrogens with zero attached hydrogens (tertiary/aromatic N) is 2. The van der Waals surface area contributed by atoms with Crippen molar-refractivity contribution in [2.45, 2.75) is 40.3 Å². The van der Waals surface area contributed by atoms with Gasteiger partial charge in [-0.15, -0.1) is 0 Å². The molecular weight excluding hydrogens is 222 g/mol. The van der Waals surface area contributed by atoms with E-state index < -0.39 is 0 Å². The van der Waals surface area contributed by atoms with Crippen LogP contribution in [0.4, 0.5) is 5.69 Å². The lowest BCUT2D eigenvalue weighted by Crippen LogP contribution is -2.09. The molecule has 0 saturated heterocycles. The summed E-state index contributed by atoms with van der Waals surface area (Å²) in [7, 11) is 0. The molecule has 18 heavy (non-hydrogen) atoms.